The Bertz CT molecular complexity index is 438. The molecule has 1 saturated carbocycles. The van der Waals surface area contributed by atoms with Crippen molar-refractivity contribution < 1.29 is 4.74 Å². The van der Waals surface area contributed by atoms with E-state index in [4.69, 9.17) is 10.5 Å². The van der Waals surface area contributed by atoms with Crippen LogP contribution in [0.2, 0.25) is 0 Å². The lowest BCUT2D eigenvalue weighted by molar-refractivity contribution is 0.306. The molecule has 2 N–H and O–H groups in total. The first kappa shape index (κ1) is 14.9. The number of aromatic nitrogens is 2. The van der Waals surface area contributed by atoms with E-state index in [9.17, 15) is 0 Å². The van der Waals surface area contributed by atoms with Crippen LogP contribution in [0.5, 0.6) is 5.88 Å². The predicted octanol–water partition coefficient (Wildman–Crippen LogP) is 2.86. The third kappa shape index (κ3) is 3.32. The van der Waals surface area contributed by atoms with Crippen LogP contribution in [-0.4, -0.2) is 29.7 Å². The first-order valence-electron chi connectivity index (χ1n) is 7.59. The smallest absolute Gasteiger partial charge is 0.242 e. The van der Waals surface area contributed by atoms with Crippen LogP contribution in [0.25, 0.3) is 0 Å². The van der Waals surface area contributed by atoms with E-state index in [2.05, 4.69) is 35.8 Å². The first-order valence-corrected chi connectivity index (χ1v) is 7.59. The van der Waals surface area contributed by atoms with E-state index in [0.29, 0.717) is 24.2 Å². The molecule has 2 unspecified atom stereocenters. The second-order valence-corrected chi connectivity index (χ2v) is 5.80. The summed E-state index contributed by atoms with van der Waals surface area (Å²) >= 11 is 0. The number of hydrogen-bond acceptors (Lipinski definition) is 5. The molecule has 1 heterocycles. The highest BCUT2D eigenvalue weighted by molar-refractivity contribution is 5.67. The standard InChI is InChI=1S/C15H26N4O/c1-4-8-20-15-13(16)14(17-10-18-15)19(3)12-7-5-6-11(2)9-12/h10-12H,4-9,16H2,1-3H3. The summed E-state index contributed by atoms with van der Waals surface area (Å²) in [5.74, 6) is 2.08. The largest absolute Gasteiger partial charge is 0.476 e. The van der Waals surface area contributed by atoms with Crippen molar-refractivity contribution in [1.29, 1.82) is 0 Å². The molecule has 0 spiro atoms. The normalized spacial score (nSPS) is 22.6. The minimum absolute atomic E-state index is 0.507. The van der Waals surface area contributed by atoms with Gasteiger partial charge in [-0.15, -0.1) is 0 Å². The summed E-state index contributed by atoms with van der Waals surface area (Å²) in [6.07, 6.45) is 7.49. The minimum atomic E-state index is 0.507. The lowest BCUT2D eigenvalue weighted by Crippen LogP contribution is -2.36. The van der Waals surface area contributed by atoms with E-state index < -0.39 is 0 Å². The monoisotopic (exact) mass is 278 g/mol. The molecule has 5 nitrogen and oxygen atoms in total. The van der Waals surface area contributed by atoms with Gasteiger partial charge in [-0.25, -0.2) is 4.98 Å². The third-order valence-electron chi connectivity index (χ3n) is 4.06. The Balaban J connectivity index is 2.14. The van der Waals surface area contributed by atoms with E-state index in [1.54, 1.807) is 6.33 Å². The van der Waals surface area contributed by atoms with Gasteiger partial charge in [-0.3, -0.25) is 0 Å². The predicted molar refractivity (Wildman–Crippen MR) is 82.1 cm³/mol. The van der Waals surface area contributed by atoms with Gasteiger partial charge in [0.05, 0.1) is 6.61 Å². The van der Waals surface area contributed by atoms with Crippen molar-refractivity contribution in [2.24, 2.45) is 5.92 Å². The van der Waals surface area contributed by atoms with Crippen LogP contribution in [0.4, 0.5) is 11.5 Å². The number of nitrogens with two attached hydrogens (primary N) is 1. The molecule has 0 radical (unpaired) electrons. The Morgan fingerprint density at radius 3 is 2.90 bits per heavy atom. The molecule has 1 aromatic rings. The van der Waals surface area contributed by atoms with Crippen LogP contribution in [0, 0.1) is 5.92 Å². The van der Waals surface area contributed by atoms with Gasteiger partial charge in [-0.1, -0.05) is 26.7 Å². The van der Waals surface area contributed by atoms with Gasteiger partial charge in [0, 0.05) is 13.1 Å². The van der Waals surface area contributed by atoms with Crippen LogP contribution in [0.3, 0.4) is 0 Å². The molecule has 0 aromatic carbocycles. The van der Waals surface area contributed by atoms with Gasteiger partial charge < -0.3 is 15.4 Å². The lowest BCUT2D eigenvalue weighted by atomic mass is 9.86. The highest BCUT2D eigenvalue weighted by Crippen LogP contribution is 2.33. The fourth-order valence-corrected chi connectivity index (χ4v) is 2.89. The zero-order valence-electron chi connectivity index (χ0n) is 12.8. The molecule has 1 aliphatic rings. The topological polar surface area (TPSA) is 64.3 Å². The van der Waals surface area contributed by atoms with Crippen LogP contribution in [0.1, 0.15) is 46.0 Å². The minimum Gasteiger partial charge on any atom is -0.476 e. The van der Waals surface area contributed by atoms with Crippen molar-refractivity contribution in [3.05, 3.63) is 6.33 Å². The number of anilines is 2. The van der Waals surface area contributed by atoms with Gasteiger partial charge in [-0.05, 0) is 25.2 Å². The lowest BCUT2D eigenvalue weighted by Gasteiger charge is -2.35. The van der Waals surface area contributed by atoms with E-state index in [0.717, 1.165) is 18.2 Å². The van der Waals surface area contributed by atoms with Crippen molar-refractivity contribution in [3.8, 4) is 5.88 Å². The highest BCUT2D eigenvalue weighted by atomic mass is 16.5. The summed E-state index contributed by atoms with van der Waals surface area (Å²) in [5.41, 5.74) is 6.73. The van der Waals surface area contributed by atoms with Crippen LogP contribution in [-0.2, 0) is 0 Å². The number of hydrogen-bond donors (Lipinski definition) is 1. The molecule has 0 amide bonds. The summed E-state index contributed by atoms with van der Waals surface area (Å²) in [6, 6.07) is 0.509. The molecule has 2 rings (SSSR count). The van der Waals surface area contributed by atoms with E-state index in [-0.39, 0.29) is 0 Å². The molecule has 1 fully saturated rings. The SMILES string of the molecule is CCCOc1ncnc(N(C)C2CCCC(C)C2)c1N. The number of ether oxygens (including phenoxy) is 1. The summed E-state index contributed by atoms with van der Waals surface area (Å²) < 4.78 is 5.58. The Labute approximate surface area is 121 Å². The van der Waals surface area contributed by atoms with Gasteiger partial charge in [0.2, 0.25) is 5.88 Å². The average molecular weight is 278 g/mol. The maximum Gasteiger partial charge on any atom is 0.242 e. The Morgan fingerprint density at radius 1 is 1.40 bits per heavy atom. The molecule has 5 heteroatoms. The van der Waals surface area contributed by atoms with Crippen molar-refractivity contribution >= 4 is 11.5 Å². The molecule has 1 aromatic heterocycles. The van der Waals surface area contributed by atoms with Gasteiger partial charge in [-0.2, -0.15) is 4.98 Å². The van der Waals surface area contributed by atoms with Gasteiger partial charge in [0.1, 0.15) is 12.0 Å². The fourth-order valence-electron chi connectivity index (χ4n) is 2.89. The number of nitrogen functional groups attached to an aromatic ring is 1. The zero-order chi connectivity index (χ0) is 14.5. The van der Waals surface area contributed by atoms with Crippen LogP contribution >= 0.6 is 0 Å². The fraction of sp³-hybridized carbons (Fsp3) is 0.733. The second-order valence-electron chi connectivity index (χ2n) is 5.80. The molecular weight excluding hydrogens is 252 g/mol. The van der Waals surface area contributed by atoms with E-state index in [1.165, 1.54) is 25.7 Å². The number of nitrogens with zero attached hydrogens (tertiary/aromatic N) is 3. The van der Waals surface area contributed by atoms with Crippen LogP contribution < -0.4 is 15.4 Å². The maximum atomic E-state index is 6.17. The van der Waals surface area contributed by atoms with Crippen molar-refractivity contribution in [1.82, 2.24) is 9.97 Å². The number of rotatable bonds is 5. The molecular formula is C15H26N4O. The van der Waals surface area contributed by atoms with E-state index in [1.807, 2.05) is 0 Å². The third-order valence-corrected chi connectivity index (χ3v) is 4.06. The van der Waals surface area contributed by atoms with E-state index >= 15 is 0 Å². The zero-order valence-corrected chi connectivity index (χ0v) is 12.8. The summed E-state index contributed by atoms with van der Waals surface area (Å²) in [7, 11) is 2.07. The summed E-state index contributed by atoms with van der Waals surface area (Å²) in [5, 5.41) is 0. The molecule has 1 aliphatic carbocycles. The molecule has 2 atom stereocenters. The summed E-state index contributed by atoms with van der Waals surface area (Å²) in [6.45, 7) is 5.01. The summed E-state index contributed by atoms with van der Waals surface area (Å²) in [4.78, 5) is 10.7. The molecule has 0 saturated heterocycles. The Morgan fingerprint density at radius 2 is 2.20 bits per heavy atom. The maximum absolute atomic E-state index is 6.17. The molecule has 0 bridgehead atoms. The molecule has 0 aliphatic heterocycles. The quantitative estimate of drug-likeness (QED) is 0.897. The van der Waals surface area contributed by atoms with Gasteiger partial charge in [0.25, 0.3) is 0 Å². The van der Waals surface area contributed by atoms with Crippen molar-refractivity contribution in [2.45, 2.75) is 52.0 Å². The second kappa shape index (κ2) is 6.77. The first-order chi connectivity index (χ1) is 9.63. The Kier molecular flexibility index (Phi) is 5.04. The van der Waals surface area contributed by atoms with Crippen molar-refractivity contribution in [2.75, 3.05) is 24.3 Å². The van der Waals surface area contributed by atoms with Crippen molar-refractivity contribution in [3.63, 3.8) is 0 Å². The Hall–Kier alpha value is -1.52. The highest BCUT2D eigenvalue weighted by Gasteiger charge is 2.25. The van der Waals surface area contributed by atoms with Crippen LogP contribution in [0.15, 0.2) is 6.33 Å². The van der Waals surface area contributed by atoms with Gasteiger partial charge in [0.15, 0.2) is 5.82 Å². The van der Waals surface area contributed by atoms with Gasteiger partial charge >= 0.3 is 0 Å². The molecule has 112 valence electrons. The average Bonchev–Trinajstić information content (AvgIpc) is 2.45. The molecule has 20 heavy (non-hydrogen) atoms.